The highest BCUT2D eigenvalue weighted by Crippen LogP contribution is 2.38. The Morgan fingerprint density at radius 3 is 2.38 bits per heavy atom. The van der Waals surface area contributed by atoms with E-state index >= 15 is 0 Å². The molecule has 11 heteroatoms. The van der Waals surface area contributed by atoms with Crippen LogP contribution in [0.15, 0.2) is 48.7 Å². The first-order chi connectivity index (χ1) is 20.1. The molecule has 2 saturated heterocycles. The number of carbonyl (C=O) groups excluding carboxylic acids is 1. The lowest BCUT2D eigenvalue weighted by molar-refractivity contribution is -0.132. The van der Waals surface area contributed by atoms with Gasteiger partial charge >= 0.3 is 5.97 Å². The van der Waals surface area contributed by atoms with Crippen LogP contribution in [0, 0.1) is 5.92 Å². The van der Waals surface area contributed by atoms with Gasteiger partial charge in [0.25, 0.3) is 6.43 Å². The van der Waals surface area contributed by atoms with Crippen molar-refractivity contribution in [2.75, 3.05) is 49.1 Å². The summed E-state index contributed by atoms with van der Waals surface area (Å²) in [4.78, 5) is 30.3. The molecule has 8 nitrogen and oxygen atoms in total. The fourth-order valence-corrected chi connectivity index (χ4v) is 6.14. The molecule has 3 aromatic rings. The molecule has 2 aliphatic rings. The van der Waals surface area contributed by atoms with Crippen molar-refractivity contribution < 1.29 is 23.5 Å². The molecule has 0 bridgehead atoms. The SMILES string of the molecule is CC(C)CC(=O)N1CCN(c2ccc(-c3ccc(Cl)cc3N3CCCC(n4ncc(C(=O)O)c4C(F)F)C3)cc2)CC1. The lowest BCUT2D eigenvalue weighted by atomic mass is 9.99. The van der Waals surface area contributed by atoms with E-state index in [1.807, 2.05) is 23.1 Å². The topological polar surface area (TPSA) is 81.9 Å². The summed E-state index contributed by atoms with van der Waals surface area (Å²) in [5.74, 6) is -0.844. The molecule has 1 unspecified atom stereocenters. The maximum Gasteiger partial charge on any atom is 0.339 e. The number of carboxylic acid groups (broad SMARTS) is 1. The van der Waals surface area contributed by atoms with Gasteiger partial charge in [0.1, 0.15) is 11.3 Å². The summed E-state index contributed by atoms with van der Waals surface area (Å²) in [5, 5.41) is 14.0. The van der Waals surface area contributed by atoms with Crippen LogP contribution < -0.4 is 9.80 Å². The van der Waals surface area contributed by atoms with E-state index < -0.39 is 29.7 Å². The number of carboxylic acids is 1. The number of anilines is 2. The number of halogens is 3. The number of amides is 1. The zero-order valence-electron chi connectivity index (χ0n) is 23.8. The van der Waals surface area contributed by atoms with E-state index in [0.717, 1.165) is 48.2 Å². The highest BCUT2D eigenvalue weighted by Gasteiger charge is 2.31. The normalized spacial score (nSPS) is 17.8. The van der Waals surface area contributed by atoms with Crippen molar-refractivity contribution in [2.45, 2.75) is 45.6 Å². The number of aromatic carboxylic acids is 1. The number of carbonyl (C=O) groups is 2. The van der Waals surface area contributed by atoms with Gasteiger partial charge in [0, 0.05) is 67.7 Å². The smallest absolute Gasteiger partial charge is 0.339 e. The number of hydrogen-bond acceptors (Lipinski definition) is 5. The number of nitrogens with zero attached hydrogens (tertiary/aromatic N) is 5. The largest absolute Gasteiger partial charge is 0.478 e. The first-order valence-corrected chi connectivity index (χ1v) is 14.8. The fraction of sp³-hybridized carbons (Fsp3) is 0.452. The lowest BCUT2D eigenvalue weighted by Crippen LogP contribution is -2.49. The van der Waals surface area contributed by atoms with Gasteiger partial charge < -0.3 is 19.8 Å². The highest BCUT2D eigenvalue weighted by molar-refractivity contribution is 6.31. The van der Waals surface area contributed by atoms with Crippen LogP contribution in [-0.4, -0.2) is 70.9 Å². The molecule has 224 valence electrons. The zero-order chi connectivity index (χ0) is 30.0. The van der Waals surface area contributed by atoms with Gasteiger partial charge in [-0.15, -0.1) is 0 Å². The third kappa shape index (κ3) is 6.38. The van der Waals surface area contributed by atoms with Crippen molar-refractivity contribution in [3.63, 3.8) is 0 Å². The molecule has 1 amide bonds. The van der Waals surface area contributed by atoms with Crippen LogP contribution in [0.4, 0.5) is 20.2 Å². The summed E-state index contributed by atoms with van der Waals surface area (Å²) in [7, 11) is 0. The fourth-order valence-electron chi connectivity index (χ4n) is 5.97. The minimum atomic E-state index is -2.95. The summed E-state index contributed by atoms with van der Waals surface area (Å²) in [6.07, 6.45) is -0.0188. The van der Waals surface area contributed by atoms with Crippen LogP contribution in [0.3, 0.4) is 0 Å². The minimum Gasteiger partial charge on any atom is -0.478 e. The summed E-state index contributed by atoms with van der Waals surface area (Å²) >= 11 is 6.43. The third-order valence-electron chi connectivity index (χ3n) is 8.07. The Labute approximate surface area is 249 Å². The van der Waals surface area contributed by atoms with Crippen LogP contribution in [0.2, 0.25) is 5.02 Å². The molecule has 1 atom stereocenters. The van der Waals surface area contributed by atoms with Gasteiger partial charge in [0.15, 0.2) is 0 Å². The number of piperazine rings is 1. The van der Waals surface area contributed by atoms with E-state index in [9.17, 15) is 23.5 Å². The van der Waals surface area contributed by atoms with E-state index in [4.69, 9.17) is 11.6 Å². The Kier molecular flexibility index (Phi) is 9.01. The van der Waals surface area contributed by atoms with Gasteiger partial charge in [-0.2, -0.15) is 5.10 Å². The molecule has 0 spiro atoms. The van der Waals surface area contributed by atoms with Crippen molar-refractivity contribution in [1.82, 2.24) is 14.7 Å². The summed E-state index contributed by atoms with van der Waals surface area (Å²) in [6.45, 7) is 8.20. The average Bonchev–Trinajstić information content (AvgIpc) is 3.44. The quantitative estimate of drug-likeness (QED) is 0.324. The predicted octanol–water partition coefficient (Wildman–Crippen LogP) is 6.38. The molecule has 5 rings (SSSR count). The zero-order valence-corrected chi connectivity index (χ0v) is 24.6. The maximum absolute atomic E-state index is 13.9. The molecule has 2 aliphatic heterocycles. The van der Waals surface area contributed by atoms with E-state index in [2.05, 4.69) is 53.0 Å². The van der Waals surface area contributed by atoms with E-state index in [-0.39, 0.29) is 5.91 Å². The minimum absolute atomic E-state index is 0.218. The van der Waals surface area contributed by atoms with E-state index in [1.165, 1.54) is 4.68 Å². The van der Waals surface area contributed by atoms with Crippen molar-refractivity contribution in [1.29, 1.82) is 0 Å². The van der Waals surface area contributed by atoms with Crippen molar-refractivity contribution in [3.05, 3.63) is 64.9 Å². The Hall–Kier alpha value is -3.66. The van der Waals surface area contributed by atoms with Crippen LogP contribution >= 0.6 is 11.6 Å². The first kappa shape index (κ1) is 29.8. The number of benzene rings is 2. The Balaban J connectivity index is 1.33. The van der Waals surface area contributed by atoms with Crippen molar-refractivity contribution in [2.24, 2.45) is 5.92 Å². The van der Waals surface area contributed by atoms with Crippen LogP contribution in [0.5, 0.6) is 0 Å². The predicted molar refractivity (Wildman–Crippen MR) is 160 cm³/mol. The molecule has 1 aromatic heterocycles. The van der Waals surface area contributed by atoms with Crippen LogP contribution in [0.1, 0.15) is 61.6 Å². The Morgan fingerprint density at radius 1 is 1.02 bits per heavy atom. The van der Waals surface area contributed by atoms with Gasteiger partial charge in [0.05, 0.1) is 12.2 Å². The monoisotopic (exact) mass is 599 g/mol. The summed E-state index contributed by atoms with van der Waals surface area (Å²) in [6, 6.07) is 13.6. The number of aromatic nitrogens is 2. The molecule has 42 heavy (non-hydrogen) atoms. The maximum atomic E-state index is 13.9. The second-order valence-corrected chi connectivity index (χ2v) is 11.8. The molecule has 2 aromatic carbocycles. The standard InChI is InChI=1S/C31H36ClF2N5O3/c1-20(2)16-28(40)37-14-12-36(13-15-37)23-8-5-21(6-9-23)25-10-7-22(32)17-27(25)38-11-3-4-24(19-38)39-29(30(33)34)26(18-35-39)31(41)42/h5-10,17-18,20,24,30H,3-4,11-16,19H2,1-2H3,(H,41,42). The van der Waals surface area contributed by atoms with Crippen LogP contribution in [-0.2, 0) is 4.79 Å². The molecule has 0 radical (unpaired) electrons. The highest BCUT2D eigenvalue weighted by atomic mass is 35.5. The van der Waals surface area contributed by atoms with Gasteiger partial charge in [0.2, 0.25) is 5.91 Å². The molecule has 3 heterocycles. The molecular formula is C31H36ClF2N5O3. The van der Waals surface area contributed by atoms with Crippen molar-refractivity contribution >= 4 is 34.9 Å². The number of piperidine rings is 1. The van der Waals surface area contributed by atoms with Gasteiger partial charge in [-0.1, -0.05) is 43.6 Å². The second kappa shape index (κ2) is 12.7. The van der Waals surface area contributed by atoms with Gasteiger partial charge in [-0.05, 0) is 48.6 Å². The van der Waals surface area contributed by atoms with Crippen molar-refractivity contribution in [3.8, 4) is 11.1 Å². The molecule has 0 aliphatic carbocycles. The molecule has 0 saturated carbocycles. The number of hydrogen-bond donors (Lipinski definition) is 1. The van der Waals surface area contributed by atoms with Crippen LogP contribution in [0.25, 0.3) is 11.1 Å². The van der Waals surface area contributed by atoms with Gasteiger partial charge in [-0.3, -0.25) is 9.48 Å². The summed E-state index contributed by atoms with van der Waals surface area (Å²) in [5.41, 5.74) is 2.93. The lowest BCUT2D eigenvalue weighted by Gasteiger charge is -2.37. The van der Waals surface area contributed by atoms with Gasteiger partial charge in [-0.25, -0.2) is 13.6 Å². The molecular weight excluding hydrogens is 564 g/mol. The number of rotatable bonds is 8. The van der Waals surface area contributed by atoms with E-state index in [0.29, 0.717) is 50.0 Å². The first-order valence-electron chi connectivity index (χ1n) is 14.4. The Bertz CT molecular complexity index is 1420. The molecule has 2 fully saturated rings. The Morgan fingerprint density at radius 2 is 1.74 bits per heavy atom. The number of alkyl halides is 2. The third-order valence-corrected chi connectivity index (χ3v) is 8.31. The average molecular weight is 600 g/mol. The summed E-state index contributed by atoms with van der Waals surface area (Å²) < 4.78 is 29.0. The molecule has 1 N–H and O–H groups in total. The van der Waals surface area contributed by atoms with E-state index in [1.54, 1.807) is 0 Å². The second-order valence-electron chi connectivity index (χ2n) is 11.4.